The maximum absolute atomic E-state index is 13.0. The van der Waals surface area contributed by atoms with E-state index in [1.807, 2.05) is 23.6 Å². The third kappa shape index (κ3) is 4.83. The first kappa shape index (κ1) is 18.8. The highest BCUT2D eigenvalue weighted by Gasteiger charge is 2.18. The smallest absolute Gasteiger partial charge is 0.322 e. The zero-order valence-corrected chi connectivity index (χ0v) is 16.1. The van der Waals surface area contributed by atoms with Gasteiger partial charge in [0.05, 0.1) is 39.0 Å². The molecule has 0 unspecified atom stereocenters. The van der Waals surface area contributed by atoms with Crippen molar-refractivity contribution in [2.45, 2.75) is 13.0 Å². The number of carbonyl (C=O) groups is 1. The Bertz CT molecular complexity index is 847. The number of anilines is 1. The second-order valence-corrected chi connectivity index (χ2v) is 6.89. The van der Waals surface area contributed by atoms with Crippen molar-refractivity contribution >= 4 is 23.1 Å². The number of methoxy groups -OCH3 is 2. The van der Waals surface area contributed by atoms with Crippen LogP contribution in [0.1, 0.15) is 10.4 Å². The molecule has 0 radical (unpaired) electrons. The van der Waals surface area contributed by atoms with Gasteiger partial charge in [-0.3, -0.25) is 0 Å². The van der Waals surface area contributed by atoms with Gasteiger partial charge in [-0.2, -0.15) is 0 Å². The Hall–Kier alpha value is -2.93. The summed E-state index contributed by atoms with van der Waals surface area (Å²) in [6, 6.07) is 11.1. The Morgan fingerprint density at radius 2 is 2.07 bits per heavy atom. The summed E-state index contributed by atoms with van der Waals surface area (Å²) >= 11 is 1.69. The van der Waals surface area contributed by atoms with Crippen molar-refractivity contribution in [3.8, 4) is 11.5 Å². The van der Waals surface area contributed by atoms with Gasteiger partial charge in [-0.25, -0.2) is 4.79 Å². The van der Waals surface area contributed by atoms with Gasteiger partial charge < -0.3 is 24.1 Å². The van der Waals surface area contributed by atoms with Gasteiger partial charge >= 0.3 is 6.03 Å². The summed E-state index contributed by atoms with van der Waals surface area (Å²) in [5.41, 5.74) is 1.50. The monoisotopic (exact) mass is 386 g/mol. The molecule has 142 valence electrons. The van der Waals surface area contributed by atoms with Crippen molar-refractivity contribution in [1.82, 2.24) is 4.90 Å². The van der Waals surface area contributed by atoms with E-state index in [9.17, 15) is 4.79 Å². The molecule has 0 aliphatic carbocycles. The molecule has 0 spiro atoms. The molecule has 0 atom stereocenters. The Kier molecular flexibility index (Phi) is 6.38. The fourth-order valence-electron chi connectivity index (χ4n) is 2.74. The minimum atomic E-state index is -0.209. The Morgan fingerprint density at radius 1 is 1.19 bits per heavy atom. The van der Waals surface area contributed by atoms with Crippen LogP contribution in [-0.4, -0.2) is 31.7 Å². The number of thiophene rings is 1. The van der Waals surface area contributed by atoms with E-state index in [-0.39, 0.29) is 6.03 Å². The highest BCUT2D eigenvalue weighted by molar-refractivity contribution is 7.09. The van der Waals surface area contributed by atoms with Crippen LogP contribution in [0.3, 0.4) is 0 Å². The van der Waals surface area contributed by atoms with Crippen LogP contribution >= 0.6 is 11.3 Å². The third-order valence-electron chi connectivity index (χ3n) is 4.09. The number of nitrogens with one attached hydrogen (secondary N) is 1. The van der Waals surface area contributed by atoms with Crippen LogP contribution in [0.4, 0.5) is 10.5 Å². The zero-order chi connectivity index (χ0) is 19.1. The van der Waals surface area contributed by atoms with Crippen LogP contribution < -0.4 is 14.8 Å². The molecule has 3 aromatic rings. The topological polar surface area (TPSA) is 63.9 Å². The van der Waals surface area contributed by atoms with Crippen LogP contribution in [0.2, 0.25) is 0 Å². The number of urea groups is 1. The van der Waals surface area contributed by atoms with Gasteiger partial charge in [-0.05, 0) is 36.1 Å². The van der Waals surface area contributed by atoms with E-state index in [0.717, 1.165) is 12.0 Å². The molecule has 3 rings (SSSR count). The number of benzene rings is 1. The van der Waals surface area contributed by atoms with Gasteiger partial charge in [0.25, 0.3) is 0 Å². The van der Waals surface area contributed by atoms with E-state index in [2.05, 4.69) is 11.4 Å². The molecule has 2 aromatic heterocycles. The molecular formula is C20H22N2O4S. The van der Waals surface area contributed by atoms with E-state index >= 15 is 0 Å². The lowest BCUT2D eigenvalue weighted by molar-refractivity contribution is 0.209. The van der Waals surface area contributed by atoms with Crippen molar-refractivity contribution < 1.29 is 18.7 Å². The Labute approximate surface area is 162 Å². The molecule has 2 amide bonds. The van der Waals surface area contributed by atoms with Gasteiger partial charge in [0.1, 0.15) is 0 Å². The average molecular weight is 386 g/mol. The third-order valence-corrected chi connectivity index (χ3v) is 5.03. The molecule has 0 aliphatic heterocycles. The summed E-state index contributed by atoms with van der Waals surface area (Å²) in [6.45, 7) is 1.05. The highest BCUT2D eigenvalue weighted by atomic mass is 32.1. The largest absolute Gasteiger partial charge is 0.493 e. The Balaban J connectivity index is 1.75. The van der Waals surface area contributed by atoms with E-state index in [1.54, 1.807) is 55.1 Å². The van der Waals surface area contributed by atoms with Crippen LogP contribution in [0.5, 0.6) is 11.5 Å². The van der Waals surface area contributed by atoms with E-state index in [0.29, 0.717) is 30.3 Å². The van der Waals surface area contributed by atoms with E-state index < -0.39 is 0 Å². The first-order chi connectivity index (χ1) is 13.2. The van der Waals surface area contributed by atoms with Gasteiger partial charge in [0.2, 0.25) is 0 Å². The van der Waals surface area contributed by atoms with E-state index in [1.165, 1.54) is 4.88 Å². The number of hydrogen-bond donors (Lipinski definition) is 1. The Morgan fingerprint density at radius 3 is 2.74 bits per heavy atom. The second kappa shape index (κ2) is 9.14. The molecule has 0 saturated carbocycles. The fourth-order valence-corrected chi connectivity index (χ4v) is 3.43. The van der Waals surface area contributed by atoms with Crippen molar-refractivity contribution in [1.29, 1.82) is 0 Å². The summed E-state index contributed by atoms with van der Waals surface area (Å²) < 4.78 is 15.8. The fraction of sp³-hybridized carbons (Fsp3) is 0.250. The quantitative estimate of drug-likeness (QED) is 0.613. The number of amides is 2. The lowest BCUT2D eigenvalue weighted by Crippen LogP contribution is -2.36. The number of carbonyl (C=O) groups excluding carboxylic acids is 1. The van der Waals surface area contributed by atoms with Crippen molar-refractivity contribution in [3.05, 3.63) is 64.7 Å². The lowest BCUT2D eigenvalue weighted by atomic mass is 10.2. The predicted molar refractivity (Wildman–Crippen MR) is 106 cm³/mol. The van der Waals surface area contributed by atoms with Gasteiger partial charge in [0, 0.05) is 17.0 Å². The molecule has 0 bridgehead atoms. The molecule has 0 fully saturated rings. The number of para-hydroxylation sites is 1. The number of hydrogen-bond acceptors (Lipinski definition) is 5. The highest BCUT2D eigenvalue weighted by Crippen LogP contribution is 2.34. The number of ether oxygens (including phenoxy) is 2. The van der Waals surface area contributed by atoms with Crippen LogP contribution in [-0.2, 0) is 13.0 Å². The van der Waals surface area contributed by atoms with Gasteiger partial charge in [0.15, 0.2) is 11.5 Å². The maximum atomic E-state index is 13.0. The molecule has 1 N–H and O–H groups in total. The van der Waals surface area contributed by atoms with Crippen molar-refractivity contribution in [3.63, 3.8) is 0 Å². The van der Waals surface area contributed by atoms with E-state index in [4.69, 9.17) is 13.9 Å². The van der Waals surface area contributed by atoms with Crippen LogP contribution in [0.25, 0.3) is 0 Å². The molecule has 7 heteroatoms. The van der Waals surface area contributed by atoms with Crippen LogP contribution in [0, 0.1) is 0 Å². The minimum Gasteiger partial charge on any atom is -0.493 e. The number of furan rings is 1. The maximum Gasteiger partial charge on any atom is 0.322 e. The molecule has 0 saturated heterocycles. The molecule has 0 aliphatic rings. The lowest BCUT2D eigenvalue weighted by Gasteiger charge is -2.23. The molecular weight excluding hydrogens is 364 g/mol. The first-order valence-electron chi connectivity index (χ1n) is 8.51. The SMILES string of the molecule is COc1cccc(NC(=O)N(CCc2cccs2)Cc2ccoc2)c1OC. The first-order valence-corrected chi connectivity index (χ1v) is 9.39. The normalized spacial score (nSPS) is 10.4. The molecule has 2 heterocycles. The number of rotatable bonds is 8. The second-order valence-electron chi connectivity index (χ2n) is 5.85. The summed E-state index contributed by atoms with van der Waals surface area (Å²) in [5, 5.41) is 4.97. The summed E-state index contributed by atoms with van der Waals surface area (Å²) in [4.78, 5) is 15.9. The van der Waals surface area contributed by atoms with Crippen LogP contribution in [0.15, 0.2) is 58.7 Å². The molecule has 27 heavy (non-hydrogen) atoms. The standard InChI is InChI=1S/C20H22N2O4S/c1-24-18-7-3-6-17(19(18)25-2)21-20(23)22(13-15-9-11-26-14-15)10-8-16-5-4-12-27-16/h3-7,9,11-12,14H,8,10,13H2,1-2H3,(H,21,23). The van der Waals surface area contributed by atoms with Gasteiger partial charge in [-0.1, -0.05) is 12.1 Å². The summed E-state index contributed by atoms with van der Waals surface area (Å²) in [7, 11) is 3.11. The van der Waals surface area contributed by atoms with Gasteiger partial charge in [-0.15, -0.1) is 11.3 Å². The van der Waals surface area contributed by atoms with Crippen molar-refractivity contribution in [2.24, 2.45) is 0 Å². The average Bonchev–Trinajstić information content (AvgIpc) is 3.38. The van der Waals surface area contributed by atoms with Crippen molar-refractivity contribution in [2.75, 3.05) is 26.1 Å². The molecule has 6 nitrogen and oxygen atoms in total. The summed E-state index contributed by atoms with van der Waals surface area (Å²) in [6.07, 6.45) is 4.05. The predicted octanol–water partition coefficient (Wildman–Crippen LogP) is 4.64. The zero-order valence-electron chi connectivity index (χ0n) is 15.3. The minimum absolute atomic E-state index is 0.209. The summed E-state index contributed by atoms with van der Waals surface area (Å²) in [5.74, 6) is 1.06. The number of nitrogens with zero attached hydrogens (tertiary/aromatic N) is 1. The molecule has 1 aromatic carbocycles.